The molecule has 0 aromatic carbocycles. The van der Waals surface area contributed by atoms with Crippen molar-refractivity contribution in [3.05, 3.63) is 48.6 Å². The Morgan fingerprint density at radius 1 is 0.368 bits per heavy atom. The van der Waals surface area contributed by atoms with Crippen LogP contribution in [0, 0.1) is 0 Å². The molecule has 1 unspecified atom stereocenters. The van der Waals surface area contributed by atoms with Gasteiger partial charge in [-0.3, -0.25) is 14.4 Å². The largest absolute Gasteiger partial charge is 0.462 e. The van der Waals surface area contributed by atoms with E-state index in [1.165, 1.54) is 109 Å². The van der Waals surface area contributed by atoms with Crippen LogP contribution in [0.1, 0.15) is 239 Å². The first kappa shape index (κ1) is 54.4. The van der Waals surface area contributed by atoms with Crippen LogP contribution in [0.25, 0.3) is 0 Å². The Labute approximate surface area is 352 Å². The summed E-state index contributed by atoms with van der Waals surface area (Å²) in [5.41, 5.74) is 0. The van der Waals surface area contributed by atoms with Crippen LogP contribution in [-0.4, -0.2) is 37.2 Å². The minimum Gasteiger partial charge on any atom is -0.462 e. The predicted octanol–water partition coefficient (Wildman–Crippen LogP) is 15.5. The second-order valence-corrected chi connectivity index (χ2v) is 16.0. The van der Waals surface area contributed by atoms with Gasteiger partial charge in [-0.25, -0.2) is 0 Å². The van der Waals surface area contributed by atoms with Crippen LogP contribution >= 0.6 is 0 Å². The molecule has 0 saturated heterocycles. The molecular weight excluding hydrogens is 709 g/mol. The third-order valence-corrected chi connectivity index (χ3v) is 10.3. The van der Waals surface area contributed by atoms with Crippen molar-refractivity contribution in [2.24, 2.45) is 0 Å². The topological polar surface area (TPSA) is 78.9 Å². The Balaban J connectivity index is 4.16. The first-order valence-corrected chi connectivity index (χ1v) is 24.1. The highest BCUT2D eigenvalue weighted by atomic mass is 16.6. The summed E-state index contributed by atoms with van der Waals surface area (Å²) >= 11 is 0. The molecule has 57 heavy (non-hydrogen) atoms. The summed E-state index contributed by atoms with van der Waals surface area (Å²) in [6.45, 7) is 6.41. The van der Waals surface area contributed by atoms with E-state index < -0.39 is 6.10 Å². The molecule has 0 amide bonds. The maximum Gasteiger partial charge on any atom is 0.306 e. The molecule has 0 bridgehead atoms. The molecule has 0 aliphatic carbocycles. The van der Waals surface area contributed by atoms with Crippen LogP contribution in [0.3, 0.4) is 0 Å². The van der Waals surface area contributed by atoms with Crippen molar-refractivity contribution in [2.75, 3.05) is 13.2 Å². The van der Waals surface area contributed by atoms with E-state index in [9.17, 15) is 14.4 Å². The van der Waals surface area contributed by atoms with Crippen LogP contribution in [0.15, 0.2) is 48.6 Å². The summed E-state index contributed by atoms with van der Waals surface area (Å²) in [7, 11) is 0. The molecule has 0 radical (unpaired) electrons. The highest BCUT2D eigenvalue weighted by Crippen LogP contribution is 2.14. The van der Waals surface area contributed by atoms with Gasteiger partial charge in [0.2, 0.25) is 0 Å². The summed E-state index contributed by atoms with van der Waals surface area (Å²) < 4.78 is 16.6. The highest BCUT2D eigenvalue weighted by molar-refractivity contribution is 5.71. The molecule has 0 rings (SSSR count). The van der Waals surface area contributed by atoms with E-state index in [0.29, 0.717) is 19.3 Å². The van der Waals surface area contributed by atoms with E-state index in [4.69, 9.17) is 14.2 Å². The Bertz CT molecular complexity index is 1010. The van der Waals surface area contributed by atoms with Gasteiger partial charge in [0, 0.05) is 19.3 Å². The van der Waals surface area contributed by atoms with Gasteiger partial charge in [0.05, 0.1) is 0 Å². The normalized spacial score (nSPS) is 12.4. The Morgan fingerprint density at radius 2 is 0.684 bits per heavy atom. The van der Waals surface area contributed by atoms with Gasteiger partial charge >= 0.3 is 17.9 Å². The smallest absolute Gasteiger partial charge is 0.306 e. The zero-order valence-corrected chi connectivity index (χ0v) is 37.6. The van der Waals surface area contributed by atoms with Crippen LogP contribution in [0.5, 0.6) is 0 Å². The number of esters is 3. The lowest BCUT2D eigenvalue weighted by molar-refractivity contribution is -0.167. The fourth-order valence-corrected chi connectivity index (χ4v) is 6.69. The van der Waals surface area contributed by atoms with Crippen molar-refractivity contribution in [3.63, 3.8) is 0 Å². The quantitative estimate of drug-likeness (QED) is 0.0265. The van der Waals surface area contributed by atoms with E-state index in [1.807, 2.05) is 0 Å². The molecule has 6 nitrogen and oxygen atoms in total. The molecule has 1 atom stereocenters. The molecule has 0 fully saturated rings. The van der Waals surface area contributed by atoms with Crippen molar-refractivity contribution in [2.45, 2.75) is 245 Å². The Kier molecular flexibility index (Phi) is 43.9. The van der Waals surface area contributed by atoms with Crippen molar-refractivity contribution in [1.29, 1.82) is 0 Å². The van der Waals surface area contributed by atoms with Gasteiger partial charge in [-0.15, -0.1) is 0 Å². The van der Waals surface area contributed by atoms with Gasteiger partial charge in [-0.1, -0.05) is 191 Å². The van der Waals surface area contributed by atoms with E-state index >= 15 is 0 Å². The summed E-state index contributed by atoms with van der Waals surface area (Å²) in [6, 6.07) is 0. The first-order chi connectivity index (χ1) is 28.0. The van der Waals surface area contributed by atoms with Gasteiger partial charge in [0.1, 0.15) is 13.2 Å². The van der Waals surface area contributed by atoms with Crippen LogP contribution in [0.4, 0.5) is 0 Å². The first-order valence-electron chi connectivity index (χ1n) is 24.1. The minimum absolute atomic E-state index is 0.0858. The average Bonchev–Trinajstić information content (AvgIpc) is 3.21. The average molecular weight is 799 g/mol. The van der Waals surface area contributed by atoms with Crippen LogP contribution < -0.4 is 0 Å². The summed E-state index contributed by atoms with van der Waals surface area (Å²) in [4.78, 5) is 37.5. The fourth-order valence-electron chi connectivity index (χ4n) is 6.69. The zero-order valence-electron chi connectivity index (χ0n) is 37.6. The van der Waals surface area contributed by atoms with Crippen molar-refractivity contribution in [1.82, 2.24) is 0 Å². The molecule has 0 heterocycles. The molecule has 0 saturated carbocycles. The van der Waals surface area contributed by atoms with Crippen molar-refractivity contribution < 1.29 is 28.6 Å². The number of hydrogen-bond donors (Lipinski definition) is 0. The minimum atomic E-state index is -0.783. The van der Waals surface area contributed by atoms with E-state index in [1.54, 1.807) is 0 Å². The maximum atomic E-state index is 12.7. The Morgan fingerprint density at radius 3 is 1.11 bits per heavy atom. The second kappa shape index (κ2) is 46.1. The monoisotopic (exact) mass is 799 g/mol. The molecule has 330 valence electrons. The second-order valence-electron chi connectivity index (χ2n) is 16.0. The number of hydrogen-bond acceptors (Lipinski definition) is 6. The summed E-state index contributed by atoms with van der Waals surface area (Å²) in [5.74, 6) is -0.930. The van der Waals surface area contributed by atoms with Crippen molar-refractivity contribution in [3.8, 4) is 0 Å². The lowest BCUT2D eigenvalue weighted by atomic mass is 10.1. The molecule has 0 N–H and O–H groups in total. The maximum absolute atomic E-state index is 12.7. The molecule has 0 spiro atoms. The standard InChI is InChI=1S/C51H90O6/c1-4-7-10-13-15-17-19-21-22-23-24-25-26-27-28-30-31-33-35-38-41-44-50(53)56-47-48(46-55-49(52)43-40-37-12-9-6-3)57-51(54)45-42-39-36-34-32-29-20-18-16-14-11-8-5-2/h8,11,16,18,23-24,29,32,48H,4-7,9-10,12-15,17,19-22,25-28,30-31,33-47H2,1-3H3/b11-8-,18-16-,24-23-,32-29-. The zero-order chi connectivity index (χ0) is 41.5. The van der Waals surface area contributed by atoms with E-state index in [-0.39, 0.29) is 31.1 Å². The number of allylic oxidation sites excluding steroid dienone is 8. The number of carbonyl (C=O) groups excluding carboxylic acids is 3. The third-order valence-electron chi connectivity index (χ3n) is 10.3. The van der Waals surface area contributed by atoms with Crippen molar-refractivity contribution >= 4 is 17.9 Å². The van der Waals surface area contributed by atoms with Crippen LogP contribution in [0.2, 0.25) is 0 Å². The van der Waals surface area contributed by atoms with Gasteiger partial charge in [0.25, 0.3) is 0 Å². The molecule has 0 aliphatic rings. The lowest BCUT2D eigenvalue weighted by Gasteiger charge is -2.18. The van der Waals surface area contributed by atoms with Gasteiger partial charge in [0.15, 0.2) is 6.10 Å². The molecule has 0 aromatic heterocycles. The molecule has 0 aliphatic heterocycles. The number of ether oxygens (including phenoxy) is 3. The fraction of sp³-hybridized carbons (Fsp3) is 0.784. The van der Waals surface area contributed by atoms with E-state index in [0.717, 1.165) is 89.9 Å². The SMILES string of the molecule is CC/C=C\C/C=C\C/C=C\CCCCCC(=O)OC(COC(=O)CCCCCCC)COC(=O)CCCCCCCCCCC/C=C\CCCCCCCCCC. The van der Waals surface area contributed by atoms with Gasteiger partial charge < -0.3 is 14.2 Å². The number of rotatable bonds is 43. The molecule has 6 heteroatoms. The highest BCUT2D eigenvalue weighted by Gasteiger charge is 2.19. The summed E-state index contributed by atoms with van der Waals surface area (Å²) in [6.07, 6.45) is 54.2. The summed E-state index contributed by atoms with van der Waals surface area (Å²) in [5, 5.41) is 0. The van der Waals surface area contributed by atoms with Gasteiger partial charge in [-0.2, -0.15) is 0 Å². The van der Waals surface area contributed by atoms with E-state index in [2.05, 4.69) is 69.4 Å². The van der Waals surface area contributed by atoms with Crippen LogP contribution in [-0.2, 0) is 28.6 Å². The Hall–Kier alpha value is -2.63. The third kappa shape index (κ3) is 44.3. The molecule has 0 aromatic rings. The van der Waals surface area contributed by atoms with Gasteiger partial charge in [-0.05, 0) is 77.0 Å². The number of carbonyl (C=O) groups is 3. The lowest BCUT2D eigenvalue weighted by Crippen LogP contribution is -2.30. The number of unbranched alkanes of at least 4 members (excludes halogenated alkanes) is 24. The molecular formula is C51H90O6. The predicted molar refractivity (Wildman–Crippen MR) is 242 cm³/mol.